The van der Waals surface area contributed by atoms with Gasteiger partial charge in [-0.05, 0) is 18.2 Å². The predicted octanol–water partition coefficient (Wildman–Crippen LogP) is 1.47. The van der Waals surface area contributed by atoms with Crippen molar-refractivity contribution in [1.29, 1.82) is 0 Å². The van der Waals surface area contributed by atoms with Crippen LogP contribution in [0.4, 0.5) is 5.82 Å². The molecule has 0 aliphatic heterocycles. The van der Waals surface area contributed by atoms with Crippen molar-refractivity contribution in [1.82, 2.24) is 20.5 Å². The zero-order chi connectivity index (χ0) is 13.7. The fourth-order valence-corrected chi connectivity index (χ4v) is 1.80. The third-order valence-corrected chi connectivity index (χ3v) is 2.74. The number of nitrogens with one attached hydrogen (secondary N) is 3. The number of hydrogen-bond acceptors (Lipinski definition) is 4. The van der Waals surface area contributed by atoms with Crippen molar-refractivity contribution >= 4 is 23.3 Å². The zero-order valence-corrected chi connectivity index (χ0v) is 11.2. The number of hydrogen-bond donors (Lipinski definition) is 3. The smallest absolute Gasteiger partial charge is 0.251 e. The molecule has 0 aliphatic carbocycles. The maximum absolute atomic E-state index is 11.9. The van der Waals surface area contributed by atoms with Crippen LogP contribution in [-0.4, -0.2) is 34.7 Å². The molecule has 2 rings (SSSR count). The van der Waals surface area contributed by atoms with Gasteiger partial charge in [0.05, 0.1) is 0 Å². The molecule has 3 N–H and O–H groups in total. The highest BCUT2D eigenvalue weighted by Crippen LogP contribution is 2.13. The van der Waals surface area contributed by atoms with Crippen LogP contribution in [0.1, 0.15) is 16.1 Å². The average Bonchev–Trinajstić information content (AvgIpc) is 2.91. The molecule has 0 spiro atoms. The largest absolute Gasteiger partial charge is 0.373 e. The van der Waals surface area contributed by atoms with Crippen molar-refractivity contribution in [2.75, 3.05) is 18.9 Å². The quantitative estimate of drug-likeness (QED) is 0.724. The molecule has 7 heteroatoms. The molecule has 100 valence electrons. The number of aromatic amines is 1. The maximum Gasteiger partial charge on any atom is 0.251 e. The number of H-pyrrole nitrogens is 1. The molecule has 6 nitrogen and oxygen atoms in total. The summed E-state index contributed by atoms with van der Waals surface area (Å²) in [4.78, 5) is 16.0. The number of aromatic nitrogens is 3. The van der Waals surface area contributed by atoms with Crippen molar-refractivity contribution in [2.24, 2.45) is 0 Å². The predicted molar refractivity (Wildman–Crippen MR) is 73.4 cm³/mol. The Bertz CT molecular complexity index is 555. The highest BCUT2D eigenvalue weighted by atomic mass is 35.5. The molecule has 0 unspecified atom stereocenters. The molecular weight excluding hydrogens is 266 g/mol. The van der Waals surface area contributed by atoms with E-state index in [1.165, 1.54) is 6.07 Å². The number of rotatable bonds is 5. The topological polar surface area (TPSA) is 82.7 Å². The number of carbonyl (C=O) groups excluding carboxylic acids is 1. The van der Waals surface area contributed by atoms with Crippen LogP contribution < -0.4 is 10.6 Å². The summed E-state index contributed by atoms with van der Waals surface area (Å²) in [5, 5.41) is 12.6. The minimum atomic E-state index is -0.180. The molecule has 19 heavy (non-hydrogen) atoms. The summed E-state index contributed by atoms with van der Waals surface area (Å²) in [5.74, 6) is 0.381. The van der Waals surface area contributed by atoms with Crippen LogP contribution >= 0.6 is 11.6 Å². The molecule has 2 aromatic heterocycles. The van der Waals surface area contributed by atoms with E-state index < -0.39 is 0 Å². The lowest BCUT2D eigenvalue weighted by Gasteiger charge is -2.06. The number of pyridine rings is 1. The van der Waals surface area contributed by atoms with E-state index in [0.717, 1.165) is 5.69 Å². The van der Waals surface area contributed by atoms with E-state index in [-0.39, 0.29) is 11.1 Å². The van der Waals surface area contributed by atoms with E-state index in [4.69, 9.17) is 11.6 Å². The van der Waals surface area contributed by atoms with Gasteiger partial charge >= 0.3 is 0 Å². The van der Waals surface area contributed by atoms with E-state index in [1.807, 2.05) is 6.07 Å². The Morgan fingerprint density at radius 1 is 1.47 bits per heavy atom. The van der Waals surface area contributed by atoms with Gasteiger partial charge in [-0.3, -0.25) is 9.89 Å². The molecule has 0 bridgehead atoms. The molecule has 0 aromatic carbocycles. The summed E-state index contributed by atoms with van der Waals surface area (Å²) in [6.45, 7) is 0.524. The molecule has 0 atom stereocenters. The normalized spacial score (nSPS) is 10.2. The van der Waals surface area contributed by atoms with E-state index in [9.17, 15) is 4.79 Å². The summed E-state index contributed by atoms with van der Waals surface area (Å²) in [5.41, 5.74) is 1.46. The van der Waals surface area contributed by atoms with E-state index in [2.05, 4.69) is 25.8 Å². The second-order valence-corrected chi connectivity index (χ2v) is 4.29. The van der Waals surface area contributed by atoms with E-state index in [1.54, 1.807) is 19.3 Å². The number of carbonyl (C=O) groups is 1. The number of nitrogens with zero attached hydrogens (tertiary/aromatic N) is 2. The zero-order valence-electron chi connectivity index (χ0n) is 10.4. The van der Waals surface area contributed by atoms with Crippen LogP contribution in [-0.2, 0) is 6.42 Å². The molecule has 0 saturated heterocycles. The van der Waals surface area contributed by atoms with Crippen LogP contribution in [0.25, 0.3) is 0 Å². The summed E-state index contributed by atoms with van der Waals surface area (Å²) < 4.78 is 0. The van der Waals surface area contributed by atoms with Crippen molar-refractivity contribution < 1.29 is 4.79 Å². The van der Waals surface area contributed by atoms with Gasteiger partial charge in [0, 0.05) is 37.5 Å². The van der Waals surface area contributed by atoms with Crippen LogP contribution in [0.5, 0.6) is 0 Å². The van der Waals surface area contributed by atoms with Gasteiger partial charge in [0.1, 0.15) is 11.0 Å². The van der Waals surface area contributed by atoms with Crippen LogP contribution in [0.3, 0.4) is 0 Å². The SMILES string of the molecule is CNc1cc(C(=O)NCCc2ccn[nH]2)cc(Cl)n1. The van der Waals surface area contributed by atoms with Crippen molar-refractivity contribution in [2.45, 2.75) is 6.42 Å². The summed E-state index contributed by atoms with van der Waals surface area (Å²) in [7, 11) is 1.72. The molecule has 2 aromatic rings. The first-order valence-corrected chi connectivity index (χ1v) is 6.18. The fraction of sp³-hybridized carbons (Fsp3) is 0.250. The Morgan fingerprint density at radius 3 is 3.00 bits per heavy atom. The van der Waals surface area contributed by atoms with Gasteiger partial charge in [-0.1, -0.05) is 11.6 Å². The summed E-state index contributed by atoms with van der Waals surface area (Å²) >= 11 is 5.84. The first-order chi connectivity index (χ1) is 9.19. The van der Waals surface area contributed by atoms with Gasteiger partial charge in [-0.25, -0.2) is 4.98 Å². The Balaban J connectivity index is 1.94. The second-order valence-electron chi connectivity index (χ2n) is 3.90. The Labute approximate surface area is 115 Å². The van der Waals surface area contributed by atoms with Gasteiger partial charge in [-0.15, -0.1) is 0 Å². The third kappa shape index (κ3) is 3.69. The minimum Gasteiger partial charge on any atom is -0.373 e. The van der Waals surface area contributed by atoms with Crippen molar-refractivity contribution in [3.8, 4) is 0 Å². The van der Waals surface area contributed by atoms with Crippen molar-refractivity contribution in [3.05, 3.63) is 40.8 Å². The van der Waals surface area contributed by atoms with Gasteiger partial charge in [-0.2, -0.15) is 5.10 Å². The van der Waals surface area contributed by atoms with Crippen LogP contribution in [0, 0.1) is 0 Å². The van der Waals surface area contributed by atoms with Gasteiger partial charge in [0.2, 0.25) is 0 Å². The summed E-state index contributed by atoms with van der Waals surface area (Å²) in [6, 6.07) is 5.06. The van der Waals surface area contributed by atoms with E-state index >= 15 is 0 Å². The third-order valence-electron chi connectivity index (χ3n) is 2.55. The Morgan fingerprint density at radius 2 is 2.32 bits per heavy atom. The molecule has 0 saturated carbocycles. The van der Waals surface area contributed by atoms with Crippen molar-refractivity contribution in [3.63, 3.8) is 0 Å². The maximum atomic E-state index is 11.9. The lowest BCUT2D eigenvalue weighted by atomic mass is 10.2. The van der Waals surface area contributed by atoms with Crippen LogP contribution in [0.2, 0.25) is 5.15 Å². The molecular formula is C12H14ClN5O. The summed E-state index contributed by atoms with van der Waals surface area (Å²) in [6.07, 6.45) is 2.38. The highest BCUT2D eigenvalue weighted by molar-refractivity contribution is 6.29. The molecule has 1 amide bonds. The molecule has 0 fully saturated rings. The lowest BCUT2D eigenvalue weighted by molar-refractivity contribution is 0.0954. The van der Waals surface area contributed by atoms with E-state index in [0.29, 0.717) is 24.3 Å². The van der Waals surface area contributed by atoms with Gasteiger partial charge in [0.25, 0.3) is 5.91 Å². The molecule has 0 aliphatic rings. The second kappa shape index (κ2) is 6.19. The first kappa shape index (κ1) is 13.4. The van der Waals surface area contributed by atoms with Gasteiger partial charge < -0.3 is 10.6 Å². The number of amides is 1. The lowest BCUT2D eigenvalue weighted by Crippen LogP contribution is -2.26. The fourth-order valence-electron chi connectivity index (χ4n) is 1.59. The number of halogens is 1. The average molecular weight is 280 g/mol. The molecule has 0 radical (unpaired) electrons. The van der Waals surface area contributed by atoms with Gasteiger partial charge in [0.15, 0.2) is 0 Å². The standard InChI is InChI=1S/C12H14ClN5O/c1-14-11-7-8(6-10(13)17-11)12(19)15-4-2-9-3-5-16-18-9/h3,5-7H,2,4H2,1H3,(H,14,17)(H,15,19)(H,16,18). The minimum absolute atomic E-state index is 0.180. The monoisotopic (exact) mass is 279 g/mol. The highest BCUT2D eigenvalue weighted by Gasteiger charge is 2.08. The number of anilines is 1. The first-order valence-electron chi connectivity index (χ1n) is 5.81. The Kier molecular flexibility index (Phi) is 4.35. The molecule has 2 heterocycles. The van der Waals surface area contributed by atoms with Crippen LogP contribution in [0.15, 0.2) is 24.4 Å². The Hall–Kier alpha value is -2.08.